The lowest BCUT2D eigenvalue weighted by Gasteiger charge is -2.39. The maximum Gasteiger partial charge on any atom is 0.272 e. The topological polar surface area (TPSA) is 45.7 Å². The maximum atomic E-state index is 12.6. The molecule has 2 saturated heterocycles. The standard InChI is InChI=1S/C23H29N3O2/c27-23(22-10-4-5-13-24-22)25-15-11-20(12-16-25)26-14-6-9-21(26)18-28-17-19-7-2-1-3-8-19/h1-5,7-8,10,13,20-21H,6,9,11-12,14-18H2. The molecule has 5 heteroatoms. The molecule has 28 heavy (non-hydrogen) atoms. The van der Waals surface area contributed by atoms with Gasteiger partial charge in [-0.05, 0) is 49.9 Å². The van der Waals surface area contributed by atoms with E-state index in [0.717, 1.165) is 39.1 Å². The average Bonchev–Trinajstić information content (AvgIpc) is 3.23. The first-order chi connectivity index (χ1) is 13.8. The molecule has 2 aromatic rings. The number of nitrogens with zero attached hydrogens (tertiary/aromatic N) is 3. The van der Waals surface area contributed by atoms with Crippen LogP contribution in [0.15, 0.2) is 54.7 Å². The summed E-state index contributed by atoms with van der Waals surface area (Å²) >= 11 is 0. The SMILES string of the molecule is O=C(c1ccccn1)N1CCC(N2CCCC2COCc2ccccc2)CC1. The van der Waals surface area contributed by atoms with Crippen LogP contribution in [-0.4, -0.2) is 59.0 Å². The van der Waals surface area contributed by atoms with Gasteiger partial charge in [0.05, 0.1) is 13.2 Å². The summed E-state index contributed by atoms with van der Waals surface area (Å²) in [6, 6.07) is 16.9. The first-order valence-electron chi connectivity index (χ1n) is 10.4. The van der Waals surface area contributed by atoms with Gasteiger partial charge in [0.1, 0.15) is 5.69 Å². The summed E-state index contributed by atoms with van der Waals surface area (Å²) in [4.78, 5) is 21.4. The molecule has 0 radical (unpaired) electrons. The highest BCUT2D eigenvalue weighted by Gasteiger charge is 2.34. The van der Waals surface area contributed by atoms with Crippen molar-refractivity contribution in [2.75, 3.05) is 26.2 Å². The Morgan fingerprint density at radius 1 is 1.00 bits per heavy atom. The molecule has 5 nitrogen and oxygen atoms in total. The van der Waals surface area contributed by atoms with Crippen molar-refractivity contribution < 1.29 is 9.53 Å². The number of hydrogen-bond acceptors (Lipinski definition) is 4. The summed E-state index contributed by atoms with van der Waals surface area (Å²) in [5, 5.41) is 0. The van der Waals surface area contributed by atoms with Gasteiger partial charge in [0, 0.05) is 31.4 Å². The second-order valence-corrected chi connectivity index (χ2v) is 7.77. The molecular formula is C23H29N3O2. The van der Waals surface area contributed by atoms with Gasteiger partial charge in [-0.3, -0.25) is 14.7 Å². The van der Waals surface area contributed by atoms with Crippen molar-refractivity contribution in [3.8, 4) is 0 Å². The third-order valence-corrected chi connectivity index (χ3v) is 5.95. The molecule has 2 aliphatic heterocycles. The lowest BCUT2D eigenvalue weighted by atomic mass is 10.0. The van der Waals surface area contributed by atoms with Crippen LogP contribution in [0.2, 0.25) is 0 Å². The number of aromatic nitrogens is 1. The fourth-order valence-electron chi connectivity index (χ4n) is 4.46. The highest BCUT2D eigenvalue weighted by molar-refractivity contribution is 5.92. The lowest BCUT2D eigenvalue weighted by molar-refractivity contribution is 0.0313. The fourth-order valence-corrected chi connectivity index (χ4v) is 4.46. The fraction of sp³-hybridized carbons (Fsp3) is 0.478. The van der Waals surface area contributed by atoms with E-state index in [1.54, 1.807) is 12.3 Å². The van der Waals surface area contributed by atoms with Gasteiger partial charge < -0.3 is 9.64 Å². The zero-order valence-electron chi connectivity index (χ0n) is 16.4. The minimum Gasteiger partial charge on any atom is -0.375 e. The van der Waals surface area contributed by atoms with Gasteiger partial charge in [0.25, 0.3) is 5.91 Å². The normalized spacial score (nSPS) is 21.1. The molecule has 0 bridgehead atoms. The third-order valence-electron chi connectivity index (χ3n) is 5.95. The highest BCUT2D eigenvalue weighted by atomic mass is 16.5. The molecule has 0 spiro atoms. The molecule has 1 atom stereocenters. The zero-order chi connectivity index (χ0) is 19.2. The molecular weight excluding hydrogens is 350 g/mol. The van der Waals surface area contributed by atoms with E-state index >= 15 is 0 Å². The van der Waals surface area contributed by atoms with Crippen LogP contribution < -0.4 is 0 Å². The summed E-state index contributed by atoms with van der Waals surface area (Å²) in [5.74, 6) is 0.0585. The van der Waals surface area contributed by atoms with Gasteiger partial charge >= 0.3 is 0 Å². The summed E-state index contributed by atoms with van der Waals surface area (Å²) < 4.78 is 6.03. The zero-order valence-corrected chi connectivity index (χ0v) is 16.4. The van der Waals surface area contributed by atoms with Crippen LogP contribution >= 0.6 is 0 Å². The van der Waals surface area contributed by atoms with Crippen LogP contribution in [0.25, 0.3) is 0 Å². The Labute approximate surface area is 167 Å². The molecule has 1 unspecified atom stereocenters. The van der Waals surface area contributed by atoms with Gasteiger partial charge in [-0.2, -0.15) is 0 Å². The second kappa shape index (κ2) is 9.30. The van der Waals surface area contributed by atoms with E-state index in [0.29, 0.717) is 24.4 Å². The number of benzene rings is 1. The van der Waals surface area contributed by atoms with Gasteiger partial charge in [-0.1, -0.05) is 36.4 Å². The van der Waals surface area contributed by atoms with Gasteiger partial charge in [-0.25, -0.2) is 0 Å². The van der Waals surface area contributed by atoms with E-state index in [-0.39, 0.29) is 5.91 Å². The van der Waals surface area contributed by atoms with Crippen molar-refractivity contribution in [2.45, 2.75) is 44.4 Å². The van der Waals surface area contributed by atoms with Crippen molar-refractivity contribution in [3.63, 3.8) is 0 Å². The van der Waals surface area contributed by atoms with E-state index in [2.05, 4.69) is 34.1 Å². The summed E-state index contributed by atoms with van der Waals surface area (Å²) in [7, 11) is 0. The Hall–Kier alpha value is -2.24. The molecule has 1 aromatic carbocycles. The number of piperidine rings is 1. The Morgan fingerprint density at radius 2 is 1.79 bits per heavy atom. The summed E-state index contributed by atoms with van der Waals surface area (Å²) in [6.45, 7) is 4.25. The quantitative estimate of drug-likeness (QED) is 0.772. The van der Waals surface area contributed by atoms with E-state index < -0.39 is 0 Å². The number of hydrogen-bond donors (Lipinski definition) is 0. The maximum absolute atomic E-state index is 12.6. The number of carbonyl (C=O) groups excluding carboxylic acids is 1. The molecule has 1 amide bonds. The molecule has 3 heterocycles. The highest BCUT2D eigenvalue weighted by Crippen LogP contribution is 2.27. The predicted molar refractivity (Wildman–Crippen MR) is 109 cm³/mol. The molecule has 2 fully saturated rings. The molecule has 0 N–H and O–H groups in total. The minimum atomic E-state index is 0.0585. The van der Waals surface area contributed by atoms with Crippen molar-refractivity contribution in [2.24, 2.45) is 0 Å². The van der Waals surface area contributed by atoms with Gasteiger partial charge in [0.2, 0.25) is 0 Å². The monoisotopic (exact) mass is 379 g/mol. The van der Waals surface area contributed by atoms with Crippen LogP contribution in [0.1, 0.15) is 41.7 Å². The number of likely N-dealkylation sites (tertiary alicyclic amines) is 2. The molecule has 4 rings (SSSR count). The van der Waals surface area contributed by atoms with E-state index in [9.17, 15) is 4.79 Å². The Balaban J connectivity index is 1.26. The van der Waals surface area contributed by atoms with Crippen LogP contribution in [0, 0.1) is 0 Å². The number of pyridine rings is 1. The van der Waals surface area contributed by atoms with E-state index in [4.69, 9.17) is 4.74 Å². The lowest BCUT2D eigenvalue weighted by Crippen LogP contribution is -2.49. The Kier molecular flexibility index (Phi) is 6.34. The van der Waals surface area contributed by atoms with E-state index in [1.807, 2.05) is 23.1 Å². The van der Waals surface area contributed by atoms with Crippen molar-refractivity contribution in [3.05, 3.63) is 66.0 Å². The number of carbonyl (C=O) groups is 1. The van der Waals surface area contributed by atoms with Crippen LogP contribution in [0.3, 0.4) is 0 Å². The Morgan fingerprint density at radius 3 is 2.54 bits per heavy atom. The minimum absolute atomic E-state index is 0.0585. The average molecular weight is 380 g/mol. The predicted octanol–water partition coefficient (Wildman–Crippen LogP) is 3.37. The molecule has 0 aliphatic carbocycles. The first-order valence-corrected chi connectivity index (χ1v) is 10.4. The smallest absolute Gasteiger partial charge is 0.272 e. The largest absolute Gasteiger partial charge is 0.375 e. The Bertz CT molecular complexity index is 745. The third kappa shape index (κ3) is 4.59. The number of amides is 1. The number of ether oxygens (including phenoxy) is 1. The molecule has 1 aromatic heterocycles. The van der Waals surface area contributed by atoms with Crippen LogP contribution in [0.4, 0.5) is 0 Å². The van der Waals surface area contributed by atoms with Crippen LogP contribution in [0.5, 0.6) is 0 Å². The van der Waals surface area contributed by atoms with E-state index in [1.165, 1.54) is 18.4 Å². The van der Waals surface area contributed by atoms with Crippen LogP contribution in [-0.2, 0) is 11.3 Å². The summed E-state index contributed by atoms with van der Waals surface area (Å²) in [5.41, 5.74) is 1.78. The molecule has 0 saturated carbocycles. The first kappa shape index (κ1) is 19.1. The van der Waals surface area contributed by atoms with Crippen molar-refractivity contribution >= 4 is 5.91 Å². The van der Waals surface area contributed by atoms with Crippen molar-refractivity contribution in [1.82, 2.24) is 14.8 Å². The summed E-state index contributed by atoms with van der Waals surface area (Å²) in [6.07, 6.45) is 6.21. The molecule has 2 aliphatic rings. The van der Waals surface area contributed by atoms with Gasteiger partial charge in [0.15, 0.2) is 0 Å². The number of rotatable bonds is 6. The van der Waals surface area contributed by atoms with Gasteiger partial charge in [-0.15, -0.1) is 0 Å². The van der Waals surface area contributed by atoms with Crippen molar-refractivity contribution in [1.29, 1.82) is 0 Å². The second-order valence-electron chi connectivity index (χ2n) is 7.77. The molecule has 148 valence electrons.